The van der Waals surface area contributed by atoms with Gasteiger partial charge in [-0.25, -0.2) is 0 Å². The molecule has 0 saturated heterocycles. The van der Waals surface area contributed by atoms with Gasteiger partial charge in [-0.2, -0.15) is 0 Å². The monoisotopic (exact) mass is 289 g/mol. The number of methoxy groups -OCH3 is 1. The van der Waals surface area contributed by atoms with Gasteiger partial charge in [0.1, 0.15) is 5.75 Å². The molecule has 0 aliphatic heterocycles. The molecule has 102 valence electrons. The first-order chi connectivity index (χ1) is 9.65. The number of hydrogen-bond acceptors (Lipinski definition) is 3. The maximum atomic E-state index is 12.1. The van der Waals surface area contributed by atoms with Crippen molar-refractivity contribution in [1.82, 2.24) is 0 Å². The molecule has 0 aromatic heterocycles. The summed E-state index contributed by atoms with van der Waals surface area (Å²) in [6, 6.07) is 11.5. The Morgan fingerprint density at radius 1 is 1.25 bits per heavy atom. The van der Waals surface area contributed by atoms with Gasteiger partial charge in [0.2, 0.25) is 0 Å². The fourth-order valence-electron chi connectivity index (χ4n) is 1.73. The summed E-state index contributed by atoms with van der Waals surface area (Å²) in [7, 11) is 1.46. The van der Waals surface area contributed by atoms with Crippen LogP contribution < -0.4 is 10.1 Å². The summed E-state index contributed by atoms with van der Waals surface area (Å²) in [4.78, 5) is 22.9. The third kappa shape index (κ3) is 2.97. The topological polar surface area (TPSA) is 55.4 Å². The van der Waals surface area contributed by atoms with Crippen molar-refractivity contribution in [3.05, 3.63) is 58.6 Å². The van der Waals surface area contributed by atoms with Crippen molar-refractivity contribution in [2.24, 2.45) is 0 Å². The number of nitrogens with one attached hydrogen (secondary N) is 1. The van der Waals surface area contributed by atoms with E-state index in [0.29, 0.717) is 33.9 Å². The minimum Gasteiger partial charge on any atom is -0.496 e. The van der Waals surface area contributed by atoms with E-state index < -0.39 is 0 Å². The molecule has 0 atom stereocenters. The number of aldehydes is 1. The van der Waals surface area contributed by atoms with Crippen molar-refractivity contribution < 1.29 is 14.3 Å². The largest absolute Gasteiger partial charge is 0.496 e. The first-order valence-corrected chi connectivity index (χ1v) is 6.22. The van der Waals surface area contributed by atoms with Gasteiger partial charge < -0.3 is 10.1 Å². The molecular formula is C15H12ClNO3. The zero-order valence-corrected chi connectivity index (χ0v) is 11.5. The molecule has 0 unspecified atom stereocenters. The molecular weight excluding hydrogens is 278 g/mol. The van der Waals surface area contributed by atoms with Crippen LogP contribution in [0.2, 0.25) is 5.02 Å². The van der Waals surface area contributed by atoms with Gasteiger partial charge >= 0.3 is 0 Å². The number of carbonyl (C=O) groups excluding carboxylic acids is 2. The molecule has 0 heterocycles. The average Bonchev–Trinajstić information content (AvgIpc) is 2.47. The van der Waals surface area contributed by atoms with Crippen LogP contribution in [-0.4, -0.2) is 19.3 Å². The quantitative estimate of drug-likeness (QED) is 0.878. The second-order valence-corrected chi connectivity index (χ2v) is 4.42. The van der Waals surface area contributed by atoms with Gasteiger partial charge in [0.25, 0.3) is 5.91 Å². The van der Waals surface area contributed by atoms with E-state index >= 15 is 0 Å². The number of amides is 1. The summed E-state index contributed by atoms with van der Waals surface area (Å²) < 4.78 is 5.08. The molecule has 0 fully saturated rings. The van der Waals surface area contributed by atoms with Crippen LogP contribution in [0, 0.1) is 0 Å². The fourth-order valence-corrected chi connectivity index (χ4v) is 1.95. The second kappa shape index (κ2) is 6.21. The smallest absolute Gasteiger partial charge is 0.257 e. The zero-order valence-electron chi connectivity index (χ0n) is 10.7. The van der Waals surface area contributed by atoms with E-state index in [-0.39, 0.29) is 5.91 Å². The Balaban J connectivity index is 2.24. The molecule has 2 rings (SSSR count). The van der Waals surface area contributed by atoms with Crippen LogP contribution in [0.3, 0.4) is 0 Å². The molecule has 0 bridgehead atoms. The molecule has 0 aliphatic carbocycles. The Kier molecular flexibility index (Phi) is 4.38. The van der Waals surface area contributed by atoms with Crippen molar-refractivity contribution >= 4 is 29.5 Å². The molecule has 4 nitrogen and oxygen atoms in total. The number of hydrogen-bond donors (Lipinski definition) is 1. The third-order valence-corrected chi connectivity index (χ3v) is 3.07. The van der Waals surface area contributed by atoms with Gasteiger partial charge in [0.15, 0.2) is 6.29 Å². The molecule has 0 aliphatic rings. The lowest BCUT2D eigenvalue weighted by Crippen LogP contribution is -2.12. The molecule has 20 heavy (non-hydrogen) atoms. The Morgan fingerprint density at radius 2 is 2.00 bits per heavy atom. The highest BCUT2D eigenvalue weighted by molar-refractivity contribution is 6.34. The Labute approximate surface area is 121 Å². The van der Waals surface area contributed by atoms with Crippen LogP contribution in [-0.2, 0) is 0 Å². The SMILES string of the molecule is COc1cc(NC(=O)c2ccccc2Cl)ccc1C=O. The van der Waals surface area contributed by atoms with Crippen molar-refractivity contribution in [2.45, 2.75) is 0 Å². The first kappa shape index (κ1) is 14.1. The zero-order chi connectivity index (χ0) is 14.5. The molecule has 1 N–H and O–H groups in total. The molecule has 2 aromatic rings. The lowest BCUT2D eigenvalue weighted by Gasteiger charge is -2.09. The summed E-state index contributed by atoms with van der Waals surface area (Å²) in [6.45, 7) is 0. The molecule has 0 saturated carbocycles. The predicted octanol–water partition coefficient (Wildman–Crippen LogP) is 3.41. The summed E-state index contributed by atoms with van der Waals surface area (Å²) >= 11 is 5.96. The maximum absolute atomic E-state index is 12.1. The van der Waals surface area contributed by atoms with E-state index in [1.54, 1.807) is 42.5 Å². The summed E-state index contributed by atoms with van der Waals surface area (Å²) in [6.07, 6.45) is 0.693. The van der Waals surface area contributed by atoms with Crippen LogP contribution >= 0.6 is 11.6 Å². The Bertz CT molecular complexity index is 655. The molecule has 0 spiro atoms. The molecule has 0 radical (unpaired) electrons. The predicted molar refractivity (Wildman–Crippen MR) is 77.8 cm³/mol. The highest BCUT2D eigenvalue weighted by Crippen LogP contribution is 2.23. The summed E-state index contributed by atoms with van der Waals surface area (Å²) in [5, 5.41) is 3.08. The number of halogens is 1. The highest BCUT2D eigenvalue weighted by atomic mass is 35.5. The number of anilines is 1. The summed E-state index contributed by atoms with van der Waals surface area (Å²) in [5.74, 6) is 0.0773. The lowest BCUT2D eigenvalue weighted by atomic mass is 10.1. The Morgan fingerprint density at radius 3 is 2.65 bits per heavy atom. The van der Waals surface area contributed by atoms with Crippen molar-refractivity contribution in [1.29, 1.82) is 0 Å². The number of carbonyl (C=O) groups is 2. The second-order valence-electron chi connectivity index (χ2n) is 4.01. The van der Waals surface area contributed by atoms with E-state index in [2.05, 4.69) is 5.32 Å². The van der Waals surface area contributed by atoms with Gasteiger partial charge in [0, 0.05) is 11.8 Å². The van der Waals surface area contributed by atoms with Gasteiger partial charge in [0.05, 0.1) is 23.3 Å². The Hall–Kier alpha value is -2.33. The van der Waals surface area contributed by atoms with Crippen LogP contribution in [0.1, 0.15) is 20.7 Å². The summed E-state index contributed by atoms with van der Waals surface area (Å²) in [5.41, 5.74) is 1.33. The van der Waals surface area contributed by atoms with E-state index in [0.717, 1.165) is 0 Å². The molecule has 1 amide bonds. The van der Waals surface area contributed by atoms with Crippen LogP contribution in [0.15, 0.2) is 42.5 Å². The fraction of sp³-hybridized carbons (Fsp3) is 0.0667. The van der Waals surface area contributed by atoms with Gasteiger partial charge in [-0.1, -0.05) is 23.7 Å². The van der Waals surface area contributed by atoms with E-state index in [1.807, 2.05) is 0 Å². The first-order valence-electron chi connectivity index (χ1n) is 5.85. The van der Waals surface area contributed by atoms with Gasteiger partial charge in [-0.3, -0.25) is 9.59 Å². The number of rotatable bonds is 4. The van der Waals surface area contributed by atoms with E-state index in [9.17, 15) is 9.59 Å². The standard InChI is InChI=1S/C15H12ClNO3/c1-20-14-8-11(7-6-10(14)9-18)17-15(19)12-4-2-3-5-13(12)16/h2-9H,1H3,(H,17,19). The minimum atomic E-state index is -0.323. The number of benzene rings is 2. The average molecular weight is 290 g/mol. The third-order valence-electron chi connectivity index (χ3n) is 2.74. The normalized spacial score (nSPS) is 9.90. The van der Waals surface area contributed by atoms with Crippen LogP contribution in [0.5, 0.6) is 5.75 Å². The highest BCUT2D eigenvalue weighted by Gasteiger charge is 2.11. The minimum absolute atomic E-state index is 0.323. The van der Waals surface area contributed by atoms with Crippen molar-refractivity contribution in [3.63, 3.8) is 0 Å². The van der Waals surface area contributed by atoms with E-state index in [1.165, 1.54) is 7.11 Å². The van der Waals surface area contributed by atoms with Crippen molar-refractivity contribution in [2.75, 3.05) is 12.4 Å². The molecule has 2 aromatic carbocycles. The van der Waals surface area contributed by atoms with Crippen LogP contribution in [0.25, 0.3) is 0 Å². The lowest BCUT2D eigenvalue weighted by molar-refractivity contribution is 0.102. The van der Waals surface area contributed by atoms with E-state index in [4.69, 9.17) is 16.3 Å². The van der Waals surface area contributed by atoms with Crippen molar-refractivity contribution in [3.8, 4) is 5.75 Å². The molecule has 5 heteroatoms. The van der Waals surface area contributed by atoms with Crippen LogP contribution in [0.4, 0.5) is 5.69 Å². The maximum Gasteiger partial charge on any atom is 0.257 e. The van der Waals surface area contributed by atoms with Gasteiger partial charge in [-0.05, 0) is 24.3 Å². The van der Waals surface area contributed by atoms with Gasteiger partial charge in [-0.15, -0.1) is 0 Å². The number of ether oxygens (including phenoxy) is 1.